The maximum Gasteiger partial charge on any atom is 0.0746 e. The normalized spacial score (nSPS) is 31.4. The van der Waals surface area contributed by atoms with Crippen LogP contribution in [0.3, 0.4) is 0 Å². The first kappa shape index (κ1) is 9.57. The summed E-state index contributed by atoms with van der Waals surface area (Å²) in [5.41, 5.74) is -0.493. The predicted molar refractivity (Wildman–Crippen MR) is 49.7 cm³/mol. The minimum atomic E-state index is -0.493. The van der Waals surface area contributed by atoms with Crippen LogP contribution >= 0.6 is 0 Å². The van der Waals surface area contributed by atoms with Gasteiger partial charge in [0.1, 0.15) is 0 Å². The first-order valence-corrected chi connectivity index (χ1v) is 4.52. The Morgan fingerprint density at radius 1 is 1.67 bits per heavy atom. The summed E-state index contributed by atoms with van der Waals surface area (Å²) in [4.78, 5) is 2.24. The standard InChI is InChI=1S/C10H17NO/c1-3-4-7-11-8-5-6-10(2,12)9-11/h1,12H,4-9H2,2H3. The number of rotatable bonds is 2. The summed E-state index contributed by atoms with van der Waals surface area (Å²) in [6, 6.07) is 0. The Bertz CT molecular complexity index is 181. The number of β-amino-alcohol motifs (C(OH)–C–C–N with tert-alkyl or cyclic N) is 1. The minimum Gasteiger partial charge on any atom is -0.389 e. The van der Waals surface area contributed by atoms with Gasteiger partial charge in [-0.2, -0.15) is 0 Å². The molecule has 0 radical (unpaired) electrons. The Morgan fingerprint density at radius 3 is 3.00 bits per heavy atom. The Balaban J connectivity index is 2.32. The second-order valence-electron chi connectivity index (χ2n) is 3.83. The van der Waals surface area contributed by atoms with Gasteiger partial charge in [0.05, 0.1) is 5.60 Å². The van der Waals surface area contributed by atoms with Gasteiger partial charge in [-0.25, -0.2) is 0 Å². The van der Waals surface area contributed by atoms with Crippen LogP contribution in [0.25, 0.3) is 0 Å². The minimum absolute atomic E-state index is 0.493. The van der Waals surface area contributed by atoms with Crippen molar-refractivity contribution in [2.45, 2.75) is 31.8 Å². The third-order valence-corrected chi connectivity index (χ3v) is 2.33. The van der Waals surface area contributed by atoms with Crippen LogP contribution in [-0.4, -0.2) is 35.2 Å². The van der Waals surface area contributed by atoms with E-state index in [0.717, 1.165) is 38.9 Å². The summed E-state index contributed by atoms with van der Waals surface area (Å²) in [6.07, 6.45) is 7.96. The third-order valence-electron chi connectivity index (χ3n) is 2.33. The zero-order valence-electron chi connectivity index (χ0n) is 7.71. The lowest BCUT2D eigenvalue weighted by atomic mass is 9.95. The van der Waals surface area contributed by atoms with Crippen LogP contribution in [0, 0.1) is 12.3 Å². The van der Waals surface area contributed by atoms with Crippen molar-refractivity contribution in [2.24, 2.45) is 0 Å². The van der Waals surface area contributed by atoms with Crippen LogP contribution in [0.1, 0.15) is 26.2 Å². The van der Waals surface area contributed by atoms with Crippen LogP contribution in [-0.2, 0) is 0 Å². The van der Waals surface area contributed by atoms with E-state index in [0.29, 0.717) is 0 Å². The zero-order valence-corrected chi connectivity index (χ0v) is 7.71. The Labute approximate surface area is 74.6 Å². The summed E-state index contributed by atoms with van der Waals surface area (Å²) in [6.45, 7) is 4.67. The van der Waals surface area contributed by atoms with Crippen molar-refractivity contribution >= 4 is 0 Å². The average molecular weight is 167 g/mol. The van der Waals surface area contributed by atoms with E-state index in [1.165, 1.54) is 0 Å². The molecule has 0 aromatic carbocycles. The molecule has 2 heteroatoms. The highest BCUT2D eigenvalue weighted by molar-refractivity contribution is 4.88. The van der Waals surface area contributed by atoms with Gasteiger partial charge in [0.15, 0.2) is 0 Å². The summed E-state index contributed by atoms with van der Waals surface area (Å²) in [7, 11) is 0. The lowest BCUT2D eigenvalue weighted by Gasteiger charge is -2.36. The Kier molecular flexibility index (Phi) is 3.13. The van der Waals surface area contributed by atoms with Gasteiger partial charge in [-0.15, -0.1) is 12.3 Å². The molecule has 1 heterocycles. The van der Waals surface area contributed by atoms with Crippen LogP contribution in [0.15, 0.2) is 0 Å². The molecule has 0 saturated carbocycles. The van der Waals surface area contributed by atoms with Gasteiger partial charge in [-0.1, -0.05) is 0 Å². The lowest BCUT2D eigenvalue weighted by molar-refractivity contribution is -0.0146. The molecule has 1 unspecified atom stereocenters. The number of nitrogens with zero attached hydrogens (tertiary/aromatic N) is 1. The molecule has 1 aliphatic heterocycles. The maximum atomic E-state index is 9.75. The molecule has 12 heavy (non-hydrogen) atoms. The molecule has 1 rings (SSSR count). The molecule has 0 spiro atoms. The van der Waals surface area contributed by atoms with Gasteiger partial charge in [0.2, 0.25) is 0 Å². The van der Waals surface area contributed by atoms with E-state index < -0.39 is 5.60 Å². The van der Waals surface area contributed by atoms with Crippen LogP contribution in [0.2, 0.25) is 0 Å². The summed E-state index contributed by atoms with van der Waals surface area (Å²) in [5, 5.41) is 9.75. The predicted octanol–water partition coefficient (Wildman–Crippen LogP) is 0.857. The van der Waals surface area contributed by atoms with E-state index in [1.807, 2.05) is 6.92 Å². The van der Waals surface area contributed by atoms with Crippen LogP contribution in [0.4, 0.5) is 0 Å². The molecule has 1 aliphatic rings. The fourth-order valence-electron chi connectivity index (χ4n) is 1.74. The van der Waals surface area contributed by atoms with Crippen molar-refractivity contribution in [1.82, 2.24) is 4.90 Å². The van der Waals surface area contributed by atoms with Gasteiger partial charge in [0, 0.05) is 19.5 Å². The number of hydrogen-bond donors (Lipinski definition) is 1. The summed E-state index contributed by atoms with van der Waals surface area (Å²) in [5.74, 6) is 2.62. The van der Waals surface area contributed by atoms with Gasteiger partial charge in [0.25, 0.3) is 0 Å². The first-order chi connectivity index (χ1) is 5.64. The second-order valence-corrected chi connectivity index (χ2v) is 3.83. The molecule has 0 aromatic heterocycles. The molecule has 68 valence electrons. The van der Waals surface area contributed by atoms with E-state index in [-0.39, 0.29) is 0 Å². The smallest absolute Gasteiger partial charge is 0.0746 e. The molecule has 1 N–H and O–H groups in total. The van der Waals surface area contributed by atoms with Crippen molar-refractivity contribution in [3.63, 3.8) is 0 Å². The van der Waals surface area contributed by atoms with Crippen molar-refractivity contribution in [3.8, 4) is 12.3 Å². The Hall–Kier alpha value is -0.520. The topological polar surface area (TPSA) is 23.5 Å². The van der Waals surface area contributed by atoms with E-state index in [4.69, 9.17) is 6.42 Å². The average Bonchev–Trinajstić information content (AvgIpc) is 1.99. The van der Waals surface area contributed by atoms with Gasteiger partial charge < -0.3 is 5.11 Å². The lowest BCUT2D eigenvalue weighted by Crippen LogP contribution is -2.46. The van der Waals surface area contributed by atoms with Crippen molar-refractivity contribution in [1.29, 1.82) is 0 Å². The van der Waals surface area contributed by atoms with Crippen molar-refractivity contribution in [2.75, 3.05) is 19.6 Å². The van der Waals surface area contributed by atoms with Crippen molar-refractivity contribution < 1.29 is 5.11 Å². The fraction of sp³-hybridized carbons (Fsp3) is 0.800. The highest BCUT2D eigenvalue weighted by atomic mass is 16.3. The molecular formula is C10H17NO. The van der Waals surface area contributed by atoms with E-state index in [9.17, 15) is 5.11 Å². The van der Waals surface area contributed by atoms with Crippen molar-refractivity contribution in [3.05, 3.63) is 0 Å². The summed E-state index contributed by atoms with van der Waals surface area (Å²) >= 11 is 0. The Morgan fingerprint density at radius 2 is 2.42 bits per heavy atom. The highest BCUT2D eigenvalue weighted by Gasteiger charge is 2.27. The van der Waals surface area contributed by atoms with Gasteiger partial charge in [-0.3, -0.25) is 4.90 Å². The molecule has 0 amide bonds. The number of terminal acetylenes is 1. The first-order valence-electron chi connectivity index (χ1n) is 4.52. The number of likely N-dealkylation sites (tertiary alicyclic amines) is 1. The van der Waals surface area contributed by atoms with Gasteiger partial charge >= 0.3 is 0 Å². The third kappa shape index (κ3) is 2.84. The quantitative estimate of drug-likeness (QED) is 0.616. The molecule has 1 saturated heterocycles. The molecule has 0 bridgehead atoms. The van der Waals surface area contributed by atoms with Crippen LogP contribution in [0.5, 0.6) is 0 Å². The number of hydrogen-bond acceptors (Lipinski definition) is 2. The molecule has 1 atom stereocenters. The maximum absolute atomic E-state index is 9.75. The molecule has 0 aliphatic carbocycles. The summed E-state index contributed by atoms with van der Waals surface area (Å²) < 4.78 is 0. The molecule has 1 fully saturated rings. The van der Waals surface area contributed by atoms with E-state index in [2.05, 4.69) is 10.8 Å². The molecule has 2 nitrogen and oxygen atoms in total. The largest absolute Gasteiger partial charge is 0.389 e. The van der Waals surface area contributed by atoms with Crippen LogP contribution < -0.4 is 0 Å². The fourth-order valence-corrected chi connectivity index (χ4v) is 1.74. The van der Waals surface area contributed by atoms with Gasteiger partial charge in [-0.05, 0) is 26.3 Å². The number of piperidine rings is 1. The van der Waals surface area contributed by atoms with E-state index >= 15 is 0 Å². The molecule has 0 aromatic rings. The highest BCUT2D eigenvalue weighted by Crippen LogP contribution is 2.19. The SMILES string of the molecule is C#CCCN1CCCC(C)(O)C1. The second kappa shape index (κ2) is 3.93. The number of aliphatic hydroxyl groups is 1. The monoisotopic (exact) mass is 167 g/mol. The molecular weight excluding hydrogens is 150 g/mol. The van der Waals surface area contributed by atoms with E-state index in [1.54, 1.807) is 0 Å². The zero-order chi connectivity index (χ0) is 9.03.